The molecule has 22 heavy (non-hydrogen) atoms. The Kier molecular flexibility index (Phi) is 5.09. The first kappa shape index (κ1) is 16.4. The molecule has 0 aromatic heterocycles. The number of anilines is 1. The smallest absolute Gasteiger partial charge is 0.319 e. The minimum absolute atomic E-state index is 0.134. The van der Waals surface area contributed by atoms with Crippen LogP contribution in [0.25, 0.3) is 0 Å². The standard InChI is InChI=1S/C18H21ClN2O/c1-13-4-6-14(7-5-13)18(2,3)12-20-17(22)21-16-10-8-15(19)9-11-16/h4-11H,12H2,1-3H3,(H2,20,21,22). The lowest BCUT2D eigenvalue weighted by Gasteiger charge is -2.26. The molecule has 0 spiro atoms. The van der Waals surface area contributed by atoms with E-state index in [1.807, 2.05) is 0 Å². The Hall–Kier alpha value is -2.00. The highest BCUT2D eigenvalue weighted by atomic mass is 35.5. The van der Waals surface area contributed by atoms with E-state index in [0.717, 1.165) is 5.69 Å². The Bertz CT molecular complexity index is 633. The van der Waals surface area contributed by atoms with Crippen molar-refractivity contribution < 1.29 is 4.79 Å². The van der Waals surface area contributed by atoms with Crippen molar-refractivity contribution in [1.82, 2.24) is 5.32 Å². The van der Waals surface area contributed by atoms with E-state index >= 15 is 0 Å². The normalized spacial score (nSPS) is 11.1. The number of carbonyl (C=O) groups excluding carboxylic acids is 1. The van der Waals surface area contributed by atoms with Crippen molar-refractivity contribution in [2.75, 3.05) is 11.9 Å². The number of rotatable bonds is 4. The lowest BCUT2D eigenvalue weighted by atomic mass is 9.84. The summed E-state index contributed by atoms with van der Waals surface area (Å²) in [6.45, 7) is 6.84. The summed E-state index contributed by atoms with van der Waals surface area (Å²) in [7, 11) is 0. The molecule has 0 saturated carbocycles. The highest BCUT2D eigenvalue weighted by Gasteiger charge is 2.21. The number of aryl methyl sites for hydroxylation is 1. The van der Waals surface area contributed by atoms with Gasteiger partial charge in [-0.3, -0.25) is 0 Å². The van der Waals surface area contributed by atoms with E-state index in [9.17, 15) is 4.79 Å². The second kappa shape index (κ2) is 6.84. The fourth-order valence-corrected chi connectivity index (χ4v) is 2.24. The SMILES string of the molecule is Cc1ccc(C(C)(C)CNC(=O)Nc2ccc(Cl)cc2)cc1. The highest BCUT2D eigenvalue weighted by Crippen LogP contribution is 2.22. The third-order valence-electron chi connectivity index (χ3n) is 3.63. The van der Waals surface area contributed by atoms with Crippen LogP contribution in [-0.4, -0.2) is 12.6 Å². The number of carbonyl (C=O) groups is 1. The van der Waals surface area contributed by atoms with Crippen molar-refractivity contribution in [3.05, 3.63) is 64.7 Å². The van der Waals surface area contributed by atoms with Gasteiger partial charge in [-0.25, -0.2) is 4.79 Å². The van der Waals surface area contributed by atoms with Gasteiger partial charge in [0.25, 0.3) is 0 Å². The van der Waals surface area contributed by atoms with Gasteiger partial charge in [0.2, 0.25) is 0 Å². The Morgan fingerprint density at radius 3 is 2.23 bits per heavy atom. The van der Waals surface area contributed by atoms with Crippen LogP contribution in [0.4, 0.5) is 10.5 Å². The van der Waals surface area contributed by atoms with E-state index < -0.39 is 0 Å². The van der Waals surface area contributed by atoms with Crippen molar-refractivity contribution in [1.29, 1.82) is 0 Å². The van der Waals surface area contributed by atoms with E-state index in [0.29, 0.717) is 11.6 Å². The second-order valence-corrected chi connectivity index (χ2v) is 6.50. The molecule has 4 heteroatoms. The number of benzene rings is 2. The third-order valence-corrected chi connectivity index (χ3v) is 3.88. The molecule has 2 rings (SSSR count). The van der Waals surface area contributed by atoms with E-state index in [-0.39, 0.29) is 11.4 Å². The maximum Gasteiger partial charge on any atom is 0.319 e. The minimum atomic E-state index is -0.220. The fourth-order valence-electron chi connectivity index (χ4n) is 2.12. The molecule has 0 aliphatic heterocycles. The van der Waals surface area contributed by atoms with E-state index in [1.165, 1.54) is 11.1 Å². The molecule has 0 bridgehead atoms. The summed E-state index contributed by atoms with van der Waals surface area (Å²) in [6.07, 6.45) is 0. The van der Waals surface area contributed by atoms with Gasteiger partial charge in [0, 0.05) is 22.7 Å². The summed E-state index contributed by atoms with van der Waals surface area (Å²) in [6, 6.07) is 15.2. The summed E-state index contributed by atoms with van der Waals surface area (Å²) in [4.78, 5) is 12.0. The minimum Gasteiger partial charge on any atom is -0.337 e. The summed E-state index contributed by atoms with van der Waals surface area (Å²) in [5.74, 6) is 0. The number of hydrogen-bond acceptors (Lipinski definition) is 1. The first-order valence-corrected chi connectivity index (χ1v) is 7.62. The summed E-state index contributed by atoms with van der Waals surface area (Å²) in [5.41, 5.74) is 3.01. The molecule has 0 radical (unpaired) electrons. The zero-order valence-corrected chi connectivity index (χ0v) is 13.9. The van der Waals surface area contributed by atoms with Crippen LogP contribution in [0.15, 0.2) is 48.5 Å². The molecule has 3 nitrogen and oxygen atoms in total. The van der Waals surface area contributed by atoms with Gasteiger partial charge in [-0.1, -0.05) is 55.3 Å². The Morgan fingerprint density at radius 2 is 1.64 bits per heavy atom. The Balaban J connectivity index is 1.92. The van der Waals surface area contributed by atoms with E-state index in [2.05, 4.69) is 55.7 Å². The molecular weight excluding hydrogens is 296 g/mol. The number of halogens is 1. The van der Waals surface area contributed by atoms with Gasteiger partial charge in [0.1, 0.15) is 0 Å². The van der Waals surface area contributed by atoms with Gasteiger partial charge in [-0.05, 0) is 36.8 Å². The van der Waals surface area contributed by atoms with Gasteiger partial charge in [0.15, 0.2) is 0 Å². The predicted molar refractivity (Wildman–Crippen MR) is 92.7 cm³/mol. The number of nitrogens with one attached hydrogen (secondary N) is 2. The molecule has 2 aromatic carbocycles. The zero-order chi connectivity index (χ0) is 16.2. The maximum absolute atomic E-state index is 12.0. The largest absolute Gasteiger partial charge is 0.337 e. The molecule has 0 saturated heterocycles. The van der Waals surface area contributed by atoms with Crippen molar-refractivity contribution in [3.63, 3.8) is 0 Å². The number of hydrogen-bond donors (Lipinski definition) is 2. The molecule has 0 atom stereocenters. The van der Waals surface area contributed by atoms with Crippen LogP contribution < -0.4 is 10.6 Å². The Morgan fingerprint density at radius 1 is 1.05 bits per heavy atom. The molecule has 0 unspecified atom stereocenters. The van der Waals surface area contributed by atoms with Crippen LogP contribution in [0, 0.1) is 6.92 Å². The summed E-state index contributed by atoms with van der Waals surface area (Å²) < 4.78 is 0. The van der Waals surface area contributed by atoms with Crippen molar-refractivity contribution >= 4 is 23.3 Å². The van der Waals surface area contributed by atoms with Gasteiger partial charge in [0.05, 0.1) is 0 Å². The third kappa shape index (κ3) is 4.50. The quantitative estimate of drug-likeness (QED) is 0.839. The average Bonchev–Trinajstić information content (AvgIpc) is 2.48. The van der Waals surface area contributed by atoms with Gasteiger partial charge in [-0.2, -0.15) is 0 Å². The first-order valence-electron chi connectivity index (χ1n) is 7.24. The molecule has 2 amide bonds. The topological polar surface area (TPSA) is 41.1 Å². The van der Waals surface area contributed by atoms with Crippen LogP contribution in [0.2, 0.25) is 5.02 Å². The van der Waals surface area contributed by atoms with Crippen LogP contribution in [-0.2, 0) is 5.41 Å². The highest BCUT2D eigenvalue weighted by molar-refractivity contribution is 6.30. The molecule has 2 N–H and O–H groups in total. The van der Waals surface area contributed by atoms with Crippen LogP contribution in [0.5, 0.6) is 0 Å². The number of amides is 2. The monoisotopic (exact) mass is 316 g/mol. The first-order chi connectivity index (χ1) is 10.4. The molecular formula is C18H21ClN2O. The predicted octanol–water partition coefficient (Wildman–Crippen LogP) is 4.75. The fraction of sp³-hybridized carbons (Fsp3) is 0.278. The van der Waals surface area contributed by atoms with Gasteiger partial charge >= 0.3 is 6.03 Å². The van der Waals surface area contributed by atoms with Crippen molar-refractivity contribution in [2.45, 2.75) is 26.2 Å². The maximum atomic E-state index is 12.0. The summed E-state index contributed by atoms with van der Waals surface area (Å²) in [5, 5.41) is 6.35. The molecule has 0 aliphatic rings. The van der Waals surface area contributed by atoms with Crippen molar-refractivity contribution in [2.24, 2.45) is 0 Å². The molecule has 0 heterocycles. The lowest BCUT2D eigenvalue weighted by Crippen LogP contribution is -2.38. The van der Waals surface area contributed by atoms with Crippen molar-refractivity contribution in [3.8, 4) is 0 Å². The van der Waals surface area contributed by atoms with Gasteiger partial charge < -0.3 is 10.6 Å². The average molecular weight is 317 g/mol. The Labute approximate surface area is 136 Å². The molecule has 0 fully saturated rings. The lowest BCUT2D eigenvalue weighted by molar-refractivity contribution is 0.249. The van der Waals surface area contributed by atoms with Crippen LogP contribution >= 0.6 is 11.6 Å². The van der Waals surface area contributed by atoms with Crippen LogP contribution in [0.1, 0.15) is 25.0 Å². The molecule has 116 valence electrons. The molecule has 2 aromatic rings. The van der Waals surface area contributed by atoms with Gasteiger partial charge in [-0.15, -0.1) is 0 Å². The zero-order valence-electron chi connectivity index (χ0n) is 13.1. The second-order valence-electron chi connectivity index (χ2n) is 6.06. The molecule has 0 aliphatic carbocycles. The number of urea groups is 1. The van der Waals surface area contributed by atoms with Crippen LogP contribution in [0.3, 0.4) is 0 Å². The van der Waals surface area contributed by atoms with E-state index in [1.54, 1.807) is 24.3 Å². The van der Waals surface area contributed by atoms with E-state index in [4.69, 9.17) is 11.6 Å². The summed E-state index contributed by atoms with van der Waals surface area (Å²) >= 11 is 5.82.